The highest BCUT2D eigenvalue weighted by Crippen LogP contribution is 2.25. The van der Waals surface area contributed by atoms with Crippen LogP contribution in [0.5, 0.6) is 0 Å². The zero-order valence-corrected chi connectivity index (χ0v) is 13.4. The number of rotatable bonds is 4. The summed E-state index contributed by atoms with van der Waals surface area (Å²) in [6.07, 6.45) is 1.63. The summed E-state index contributed by atoms with van der Waals surface area (Å²) in [4.78, 5) is 9.13. The van der Waals surface area contributed by atoms with Crippen molar-refractivity contribution in [3.05, 3.63) is 18.0 Å². The van der Waals surface area contributed by atoms with E-state index >= 15 is 0 Å². The first-order valence-electron chi connectivity index (χ1n) is 7.83. The van der Waals surface area contributed by atoms with Gasteiger partial charge in [-0.25, -0.2) is 0 Å². The molecule has 0 atom stereocenters. The molecular weight excluding hydrogens is 282 g/mol. The second-order valence-electron chi connectivity index (χ2n) is 6.46. The molecule has 2 saturated heterocycles. The molecule has 3 rings (SSSR count). The van der Waals surface area contributed by atoms with Crippen LogP contribution < -0.4 is 5.32 Å². The highest BCUT2D eigenvalue weighted by atomic mass is 16.5. The minimum absolute atomic E-state index is 0.255. The number of ether oxygens (including phenoxy) is 1. The SMILES string of the molecule is CN=C(NCC1(C)COC1)N1CCN(Cc2ccon2)CC1. The van der Waals surface area contributed by atoms with E-state index in [1.165, 1.54) is 0 Å². The Morgan fingerprint density at radius 1 is 1.36 bits per heavy atom. The molecule has 7 heteroatoms. The molecule has 1 aromatic rings. The predicted molar refractivity (Wildman–Crippen MR) is 83.6 cm³/mol. The van der Waals surface area contributed by atoms with Gasteiger partial charge in [0.2, 0.25) is 0 Å². The van der Waals surface area contributed by atoms with Crippen LogP contribution in [0.3, 0.4) is 0 Å². The molecule has 2 aliphatic rings. The maximum Gasteiger partial charge on any atom is 0.193 e. The monoisotopic (exact) mass is 307 g/mol. The standard InChI is InChI=1S/C15H25N5O2/c1-15(11-21-12-15)10-17-14(16-2)20-6-4-19(5-7-20)9-13-3-8-22-18-13/h3,8H,4-7,9-12H2,1-2H3,(H,16,17). The van der Waals surface area contributed by atoms with Gasteiger partial charge in [0.05, 0.1) is 18.9 Å². The van der Waals surface area contributed by atoms with Crippen molar-refractivity contribution in [2.45, 2.75) is 13.5 Å². The molecule has 2 fully saturated rings. The van der Waals surface area contributed by atoms with Crippen LogP contribution in [0.15, 0.2) is 21.8 Å². The number of aliphatic imine (C=N–C) groups is 1. The molecule has 0 bridgehead atoms. The van der Waals surface area contributed by atoms with Gasteiger partial charge in [-0.05, 0) is 0 Å². The van der Waals surface area contributed by atoms with E-state index in [9.17, 15) is 0 Å². The first-order valence-corrected chi connectivity index (χ1v) is 7.83. The third kappa shape index (κ3) is 3.59. The average molecular weight is 307 g/mol. The number of hydrogen-bond donors (Lipinski definition) is 1. The predicted octanol–water partition coefficient (Wildman–Crippen LogP) is 0.404. The molecule has 3 heterocycles. The van der Waals surface area contributed by atoms with Gasteiger partial charge in [-0.3, -0.25) is 9.89 Å². The lowest BCUT2D eigenvalue weighted by atomic mass is 9.89. The first kappa shape index (κ1) is 15.3. The molecule has 0 unspecified atom stereocenters. The van der Waals surface area contributed by atoms with Crippen LogP contribution >= 0.6 is 0 Å². The first-order chi connectivity index (χ1) is 10.7. The molecular formula is C15H25N5O2. The van der Waals surface area contributed by atoms with E-state index in [0.29, 0.717) is 0 Å². The molecule has 122 valence electrons. The van der Waals surface area contributed by atoms with Gasteiger partial charge in [-0.1, -0.05) is 12.1 Å². The van der Waals surface area contributed by atoms with Crippen LogP contribution in [-0.4, -0.2) is 73.9 Å². The van der Waals surface area contributed by atoms with Crippen molar-refractivity contribution >= 4 is 5.96 Å². The summed E-state index contributed by atoms with van der Waals surface area (Å²) in [6.45, 7) is 9.65. The molecule has 7 nitrogen and oxygen atoms in total. The fourth-order valence-corrected chi connectivity index (χ4v) is 2.84. The highest BCUT2D eigenvalue weighted by Gasteiger charge is 2.33. The van der Waals surface area contributed by atoms with Gasteiger partial charge >= 0.3 is 0 Å². The zero-order chi connectivity index (χ0) is 15.4. The Hall–Kier alpha value is -1.60. The zero-order valence-electron chi connectivity index (χ0n) is 13.4. The largest absolute Gasteiger partial charge is 0.380 e. The van der Waals surface area contributed by atoms with Gasteiger partial charge in [0, 0.05) is 57.8 Å². The van der Waals surface area contributed by atoms with Gasteiger partial charge in [0.1, 0.15) is 6.26 Å². The lowest BCUT2D eigenvalue weighted by Gasteiger charge is -2.40. The summed E-state index contributed by atoms with van der Waals surface area (Å²) in [5.74, 6) is 0.995. The van der Waals surface area contributed by atoms with E-state index < -0.39 is 0 Å². The number of guanidine groups is 1. The summed E-state index contributed by atoms with van der Waals surface area (Å²) < 4.78 is 10.2. The normalized spacial score (nSPS) is 22.5. The fourth-order valence-electron chi connectivity index (χ4n) is 2.84. The van der Waals surface area contributed by atoms with E-state index in [-0.39, 0.29) is 5.41 Å². The van der Waals surface area contributed by atoms with Crippen LogP contribution in [0.25, 0.3) is 0 Å². The molecule has 1 aromatic heterocycles. The molecule has 0 aliphatic carbocycles. The Morgan fingerprint density at radius 2 is 2.14 bits per heavy atom. The Labute approximate surface area is 131 Å². The summed E-state index contributed by atoms with van der Waals surface area (Å²) in [6, 6.07) is 1.92. The minimum Gasteiger partial charge on any atom is -0.380 e. The second-order valence-corrected chi connectivity index (χ2v) is 6.46. The molecule has 0 amide bonds. The number of piperazine rings is 1. The Balaban J connectivity index is 1.44. The average Bonchev–Trinajstić information content (AvgIpc) is 3.00. The molecule has 0 radical (unpaired) electrons. The van der Waals surface area contributed by atoms with Crippen molar-refractivity contribution in [1.29, 1.82) is 0 Å². The van der Waals surface area contributed by atoms with Crippen LogP contribution in [0.2, 0.25) is 0 Å². The number of nitrogens with one attached hydrogen (secondary N) is 1. The van der Waals surface area contributed by atoms with Crippen molar-refractivity contribution in [2.75, 3.05) is 53.0 Å². The van der Waals surface area contributed by atoms with Crippen LogP contribution in [0.4, 0.5) is 0 Å². The number of hydrogen-bond acceptors (Lipinski definition) is 5. The van der Waals surface area contributed by atoms with Crippen molar-refractivity contribution in [3.8, 4) is 0 Å². The van der Waals surface area contributed by atoms with Crippen molar-refractivity contribution < 1.29 is 9.26 Å². The highest BCUT2D eigenvalue weighted by molar-refractivity contribution is 5.80. The summed E-state index contributed by atoms with van der Waals surface area (Å²) >= 11 is 0. The van der Waals surface area contributed by atoms with Crippen molar-refractivity contribution in [3.63, 3.8) is 0 Å². The maximum absolute atomic E-state index is 5.30. The molecule has 22 heavy (non-hydrogen) atoms. The number of nitrogens with zero attached hydrogens (tertiary/aromatic N) is 4. The molecule has 0 aromatic carbocycles. The van der Waals surface area contributed by atoms with Crippen molar-refractivity contribution in [1.82, 2.24) is 20.3 Å². The lowest BCUT2D eigenvalue weighted by Crippen LogP contribution is -2.55. The van der Waals surface area contributed by atoms with E-state index in [1.54, 1.807) is 6.26 Å². The van der Waals surface area contributed by atoms with Gasteiger partial charge in [-0.2, -0.15) is 0 Å². The van der Waals surface area contributed by atoms with Crippen molar-refractivity contribution in [2.24, 2.45) is 10.4 Å². The lowest BCUT2D eigenvalue weighted by molar-refractivity contribution is -0.0973. The van der Waals surface area contributed by atoms with Gasteiger partial charge in [0.15, 0.2) is 5.96 Å². The Bertz CT molecular complexity index is 490. The minimum atomic E-state index is 0.255. The molecule has 0 spiro atoms. The van der Waals surface area contributed by atoms with Crippen LogP contribution in [0.1, 0.15) is 12.6 Å². The third-order valence-electron chi connectivity index (χ3n) is 4.33. The number of aromatic nitrogens is 1. The summed E-state index contributed by atoms with van der Waals surface area (Å²) in [5, 5.41) is 7.47. The van der Waals surface area contributed by atoms with Gasteiger partial charge in [-0.15, -0.1) is 0 Å². The second kappa shape index (κ2) is 6.66. The summed E-state index contributed by atoms with van der Waals surface area (Å²) in [5.41, 5.74) is 1.25. The smallest absolute Gasteiger partial charge is 0.193 e. The molecule has 0 saturated carbocycles. The van der Waals surface area contributed by atoms with Crippen LogP contribution in [0, 0.1) is 5.41 Å². The van der Waals surface area contributed by atoms with Gasteiger partial charge in [0.25, 0.3) is 0 Å². The third-order valence-corrected chi connectivity index (χ3v) is 4.33. The maximum atomic E-state index is 5.30. The summed E-state index contributed by atoms with van der Waals surface area (Å²) in [7, 11) is 1.85. The van der Waals surface area contributed by atoms with Crippen LogP contribution in [-0.2, 0) is 11.3 Å². The van der Waals surface area contributed by atoms with E-state index in [2.05, 4.69) is 32.2 Å². The quantitative estimate of drug-likeness (QED) is 0.642. The van der Waals surface area contributed by atoms with E-state index in [1.807, 2.05) is 13.1 Å². The van der Waals surface area contributed by atoms with E-state index in [0.717, 1.165) is 64.1 Å². The fraction of sp³-hybridized carbons (Fsp3) is 0.733. The van der Waals surface area contributed by atoms with E-state index in [4.69, 9.17) is 9.26 Å². The van der Waals surface area contributed by atoms with Gasteiger partial charge < -0.3 is 19.5 Å². The molecule has 1 N–H and O–H groups in total. The Kier molecular flexibility index (Phi) is 4.63. The molecule has 2 aliphatic heterocycles. The topological polar surface area (TPSA) is 66.1 Å². The Morgan fingerprint density at radius 3 is 2.68 bits per heavy atom.